The topological polar surface area (TPSA) is 81.5 Å². The molecule has 7 nitrogen and oxygen atoms in total. The third-order valence-corrected chi connectivity index (χ3v) is 6.55. The van der Waals surface area contributed by atoms with Gasteiger partial charge in [0.05, 0.1) is 45.7 Å². The van der Waals surface area contributed by atoms with Crippen LogP contribution in [-0.4, -0.2) is 39.3 Å². The summed E-state index contributed by atoms with van der Waals surface area (Å²) >= 11 is 7.43. The number of carbonyl (C=O) groups is 2. The van der Waals surface area contributed by atoms with Crippen molar-refractivity contribution in [3.05, 3.63) is 93.2 Å². The van der Waals surface area contributed by atoms with E-state index >= 15 is 0 Å². The van der Waals surface area contributed by atoms with Crippen molar-refractivity contribution in [2.24, 2.45) is 0 Å². The second-order valence-corrected chi connectivity index (χ2v) is 8.55. The Labute approximate surface area is 197 Å². The Morgan fingerprint density at radius 1 is 0.939 bits per heavy atom. The number of methoxy groups -OCH3 is 1. The van der Waals surface area contributed by atoms with E-state index in [9.17, 15) is 14.4 Å². The average molecular weight is 478 g/mol. The van der Waals surface area contributed by atoms with Gasteiger partial charge in [-0.25, -0.2) is 4.98 Å². The summed E-state index contributed by atoms with van der Waals surface area (Å²) < 4.78 is 6.64. The second-order valence-electron chi connectivity index (χ2n) is 7.23. The highest BCUT2D eigenvalue weighted by molar-refractivity contribution is 7.99. The van der Waals surface area contributed by atoms with Gasteiger partial charge in [0.2, 0.25) is 0 Å². The smallest absolute Gasteiger partial charge is 0.266 e. The minimum absolute atomic E-state index is 0.00101. The van der Waals surface area contributed by atoms with Gasteiger partial charge >= 0.3 is 0 Å². The number of benzene rings is 3. The van der Waals surface area contributed by atoms with Crippen LogP contribution in [0.3, 0.4) is 0 Å². The number of ether oxygens (including phenoxy) is 1. The van der Waals surface area contributed by atoms with Crippen molar-refractivity contribution in [1.29, 1.82) is 0 Å². The lowest BCUT2D eigenvalue weighted by atomic mass is 10.1. The van der Waals surface area contributed by atoms with Crippen LogP contribution in [-0.2, 0) is 0 Å². The highest BCUT2D eigenvalue weighted by atomic mass is 35.5. The van der Waals surface area contributed by atoms with Gasteiger partial charge in [0.15, 0.2) is 5.16 Å². The summed E-state index contributed by atoms with van der Waals surface area (Å²) in [5, 5.41) is 1.11. The van der Waals surface area contributed by atoms with Crippen LogP contribution in [0, 0.1) is 0 Å². The Hall–Kier alpha value is -3.62. The first-order chi connectivity index (χ1) is 16.0. The first-order valence-electron chi connectivity index (χ1n) is 9.93. The molecule has 164 valence electrons. The summed E-state index contributed by atoms with van der Waals surface area (Å²) in [5.74, 6) is -0.265. The maximum atomic E-state index is 13.4. The van der Waals surface area contributed by atoms with Crippen LogP contribution in [0.1, 0.15) is 20.7 Å². The van der Waals surface area contributed by atoms with Gasteiger partial charge in [-0.3, -0.25) is 23.9 Å². The number of carbonyl (C=O) groups excluding carboxylic acids is 2. The number of aromatic nitrogens is 2. The second kappa shape index (κ2) is 8.38. The Balaban J connectivity index is 1.57. The summed E-state index contributed by atoms with van der Waals surface area (Å²) in [5.41, 5.74) is 1.46. The lowest BCUT2D eigenvalue weighted by Crippen LogP contribution is -2.30. The minimum Gasteiger partial charge on any atom is -0.495 e. The van der Waals surface area contributed by atoms with Gasteiger partial charge in [0.1, 0.15) is 5.75 Å². The van der Waals surface area contributed by atoms with Gasteiger partial charge in [-0.1, -0.05) is 47.6 Å². The molecule has 0 fully saturated rings. The standard InChI is InChI=1S/C24H16ClN3O4S/c1-32-20-11-10-14(12-18(20)25)28-23(31)17-8-4-5-9-19(17)26-24(28)33-13-27-21(29)15-6-2-3-7-16(15)22(27)30/h2-12H,13H2,1H3. The molecule has 0 bridgehead atoms. The predicted molar refractivity (Wildman–Crippen MR) is 127 cm³/mol. The number of hydrogen-bond acceptors (Lipinski definition) is 6. The fourth-order valence-electron chi connectivity index (χ4n) is 3.71. The van der Waals surface area contributed by atoms with E-state index in [1.165, 1.54) is 11.7 Å². The third-order valence-electron chi connectivity index (χ3n) is 5.34. The first kappa shape index (κ1) is 21.2. The van der Waals surface area contributed by atoms with Crippen LogP contribution in [0.4, 0.5) is 0 Å². The molecule has 0 unspecified atom stereocenters. The van der Waals surface area contributed by atoms with E-state index in [-0.39, 0.29) is 23.3 Å². The van der Waals surface area contributed by atoms with E-state index in [0.29, 0.717) is 43.6 Å². The Bertz CT molecular complexity index is 1470. The molecule has 0 saturated heterocycles. The number of fused-ring (bicyclic) bond motifs is 2. The molecule has 0 spiro atoms. The van der Waals surface area contributed by atoms with Crippen LogP contribution in [0.15, 0.2) is 76.7 Å². The van der Waals surface area contributed by atoms with Crippen LogP contribution in [0.2, 0.25) is 5.02 Å². The summed E-state index contributed by atoms with van der Waals surface area (Å²) in [7, 11) is 1.51. The van der Waals surface area contributed by atoms with Crippen LogP contribution in [0.25, 0.3) is 16.6 Å². The fourth-order valence-corrected chi connectivity index (χ4v) is 4.92. The van der Waals surface area contributed by atoms with Crippen molar-refractivity contribution in [2.75, 3.05) is 13.0 Å². The van der Waals surface area contributed by atoms with Crippen molar-refractivity contribution in [2.45, 2.75) is 5.16 Å². The van der Waals surface area contributed by atoms with E-state index in [4.69, 9.17) is 16.3 Å². The van der Waals surface area contributed by atoms with Crippen LogP contribution >= 0.6 is 23.4 Å². The fraction of sp³-hybridized carbons (Fsp3) is 0.0833. The van der Waals surface area contributed by atoms with Gasteiger partial charge in [-0.2, -0.15) is 0 Å². The molecule has 1 aliphatic rings. The molecule has 0 atom stereocenters. The van der Waals surface area contributed by atoms with Crippen molar-refractivity contribution in [3.63, 3.8) is 0 Å². The Morgan fingerprint density at radius 3 is 2.27 bits per heavy atom. The Morgan fingerprint density at radius 2 is 1.61 bits per heavy atom. The molecule has 0 saturated carbocycles. The van der Waals surface area contributed by atoms with Gasteiger partial charge in [-0.05, 0) is 42.5 Å². The number of thioether (sulfide) groups is 1. The summed E-state index contributed by atoms with van der Waals surface area (Å²) in [4.78, 5) is 44.7. The van der Waals surface area contributed by atoms with Gasteiger partial charge in [0.25, 0.3) is 17.4 Å². The number of halogens is 1. The molecule has 1 aromatic heterocycles. The van der Waals surface area contributed by atoms with Crippen molar-refractivity contribution < 1.29 is 14.3 Å². The third kappa shape index (κ3) is 3.57. The first-order valence-corrected chi connectivity index (χ1v) is 11.3. The highest BCUT2D eigenvalue weighted by Gasteiger charge is 2.35. The maximum Gasteiger partial charge on any atom is 0.266 e. The van der Waals surface area contributed by atoms with Crippen molar-refractivity contribution >= 4 is 46.1 Å². The largest absolute Gasteiger partial charge is 0.495 e. The van der Waals surface area contributed by atoms with E-state index in [2.05, 4.69) is 4.98 Å². The molecule has 1 aliphatic heterocycles. The van der Waals surface area contributed by atoms with Crippen LogP contribution < -0.4 is 10.3 Å². The van der Waals surface area contributed by atoms with Gasteiger partial charge in [-0.15, -0.1) is 0 Å². The number of hydrogen-bond donors (Lipinski definition) is 0. The Kier molecular flexibility index (Phi) is 5.39. The average Bonchev–Trinajstić information content (AvgIpc) is 3.07. The lowest BCUT2D eigenvalue weighted by Gasteiger charge is -2.17. The predicted octanol–water partition coefficient (Wildman–Crippen LogP) is 4.39. The van der Waals surface area contributed by atoms with E-state index < -0.39 is 0 Å². The molecule has 0 radical (unpaired) electrons. The molecule has 2 heterocycles. The molecule has 2 amide bonds. The summed E-state index contributed by atoms with van der Waals surface area (Å²) in [6.07, 6.45) is 0. The monoisotopic (exact) mass is 477 g/mol. The SMILES string of the molecule is COc1ccc(-n2c(SCN3C(=O)c4ccccc4C3=O)nc3ccccc3c2=O)cc1Cl. The molecular weight excluding hydrogens is 462 g/mol. The molecule has 5 rings (SSSR count). The molecule has 9 heteroatoms. The van der Waals surface area contributed by atoms with E-state index in [1.54, 1.807) is 66.7 Å². The van der Waals surface area contributed by atoms with Crippen LogP contribution in [0.5, 0.6) is 5.75 Å². The van der Waals surface area contributed by atoms with E-state index in [0.717, 1.165) is 16.7 Å². The molecule has 3 aromatic carbocycles. The van der Waals surface area contributed by atoms with E-state index in [1.807, 2.05) is 0 Å². The summed E-state index contributed by atoms with van der Waals surface area (Å²) in [6.45, 7) is 0. The normalized spacial score (nSPS) is 13.0. The number of imide groups is 1. The van der Waals surface area contributed by atoms with Gasteiger partial charge < -0.3 is 4.74 Å². The van der Waals surface area contributed by atoms with Gasteiger partial charge in [0, 0.05) is 0 Å². The molecule has 0 aliphatic carbocycles. The summed E-state index contributed by atoms with van der Waals surface area (Å²) in [6, 6.07) is 18.7. The molecular formula is C24H16ClN3O4S. The highest BCUT2D eigenvalue weighted by Crippen LogP contribution is 2.30. The zero-order valence-corrected chi connectivity index (χ0v) is 18.9. The zero-order chi connectivity index (χ0) is 23.1. The quantitative estimate of drug-likeness (QED) is 0.241. The lowest BCUT2D eigenvalue weighted by molar-refractivity contribution is 0.0684. The number of rotatable bonds is 5. The van der Waals surface area contributed by atoms with Crippen molar-refractivity contribution in [3.8, 4) is 11.4 Å². The molecule has 0 N–H and O–H groups in total. The van der Waals surface area contributed by atoms with Crippen molar-refractivity contribution in [1.82, 2.24) is 14.5 Å². The number of para-hydroxylation sites is 1. The molecule has 33 heavy (non-hydrogen) atoms. The zero-order valence-electron chi connectivity index (χ0n) is 17.3. The number of amides is 2. The number of nitrogens with zero attached hydrogens (tertiary/aromatic N) is 3. The molecule has 4 aromatic rings. The maximum absolute atomic E-state index is 13.4. The minimum atomic E-state index is -0.370.